The van der Waals surface area contributed by atoms with Crippen LogP contribution in [0.5, 0.6) is 0 Å². The van der Waals surface area contributed by atoms with Crippen LogP contribution in [0.25, 0.3) is 0 Å². The lowest BCUT2D eigenvalue weighted by atomic mass is 10.1. The molecule has 0 aromatic heterocycles. The Morgan fingerprint density at radius 2 is 2.55 bits per heavy atom. The molecule has 2 heterocycles. The molecule has 2 rings (SSSR count). The van der Waals surface area contributed by atoms with E-state index in [1.54, 1.807) is 0 Å². The van der Waals surface area contributed by atoms with Crippen LogP contribution in [0.15, 0.2) is 28.8 Å². The van der Waals surface area contributed by atoms with E-state index in [0.29, 0.717) is 5.25 Å². The van der Waals surface area contributed by atoms with Crippen LogP contribution in [0, 0.1) is 0 Å². The number of aliphatic imine (C=N–C) groups is 1. The highest BCUT2D eigenvalue weighted by Gasteiger charge is 2.23. The lowest BCUT2D eigenvalue weighted by Gasteiger charge is -2.00. The van der Waals surface area contributed by atoms with Gasteiger partial charge >= 0.3 is 0 Å². The molecule has 1 fully saturated rings. The third-order valence-corrected chi connectivity index (χ3v) is 3.20. The zero-order chi connectivity index (χ0) is 7.68. The smallest absolute Gasteiger partial charge is 0.0577 e. The van der Waals surface area contributed by atoms with Gasteiger partial charge in [-0.25, -0.2) is 0 Å². The molecule has 0 aromatic rings. The second-order valence-corrected chi connectivity index (χ2v) is 4.13. The monoisotopic (exact) mass is 165 g/mol. The first-order valence-electron chi connectivity index (χ1n) is 3.90. The van der Waals surface area contributed by atoms with Gasteiger partial charge in [0.25, 0.3) is 0 Å². The number of thioether (sulfide) groups is 1. The third kappa shape index (κ3) is 1.27. The van der Waals surface area contributed by atoms with Crippen LogP contribution in [-0.2, 0) is 0 Å². The third-order valence-electron chi connectivity index (χ3n) is 2.00. The first kappa shape index (κ1) is 7.17. The molecule has 2 aliphatic heterocycles. The summed E-state index contributed by atoms with van der Waals surface area (Å²) < 4.78 is 0. The van der Waals surface area contributed by atoms with Gasteiger partial charge in [0, 0.05) is 11.0 Å². The van der Waals surface area contributed by atoms with Crippen molar-refractivity contribution in [2.75, 3.05) is 12.3 Å². The number of rotatable bonds is 0. The fourth-order valence-electron chi connectivity index (χ4n) is 1.39. The van der Waals surface area contributed by atoms with Gasteiger partial charge in [-0.3, -0.25) is 4.99 Å². The van der Waals surface area contributed by atoms with Crippen molar-refractivity contribution in [2.24, 2.45) is 4.99 Å². The van der Waals surface area contributed by atoms with Gasteiger partial charge in [0.05, 0.1) is 12.3 Å². The van der Waals surface area contributed by atoms with Crippen LogP contribution in [0.2, 0.25) is 0 Å². The van der Waals surface area contributed by atoms with Gasteiger partial charge in [0.2, 0.25) is 0 Å². The number of fused-ring (bicyclic) bond motifs is 1. The van der Waals surface area contributed by atoms with Gasteiger partial charge in [-0.1, -0.05) is 18.2 Å². The minimum absolute atomic E-state index is 0.612. The molecule has 0 bridgehead atoms. The van der Waals surface area contributed by atoms with Crippen LogP contribution >= 0.6 is 11.8 Å². The Hall–Kier alpha value is -0.500. The Kier molecular flexibility index (Phi) is 1.86. The first-order chi connectivity index (χ1) is 5.38. The van der Waals surface area contributed by atoms with Gasteiger partial charge < -0.3 is 0 Å². The summed E-state index contributed by atoms with van der Waals surface area (Å²) in [4.78, 5) is 4.51. The zero-order valence-electron chi connectivity index (χ0n) is 6.58. The van der Waals surface area contributed by atoms with Crippen LogP contribution in [0.1, 0.15) is 6.92 Å². The molecular formula is C9H11NS. The maximum atomic E-state index is 4.51. The molecule has 0 aliphatic carbocycles. The van der Waals surface area contributed by atoms with E-state index in [0.717, 1.165) is 12.3 Å². The van der Waals surface area contributed by atoms with E-state index in [9.17, 15) is 0 Å². The Balaban J connectivity index is 2.35. The molecule has 11 heavy (non-hydrogen) atoms. The molecule has 2 heteroatoms. The molecule has 2 aliphatic rings. The normalized spacial score (nSPS) is 29.0. The summed E-state index contributed by atoms with van der Waals surface area (Å²) in [5.41, 5.74) is 2.75. The molecule has 1 unspecified atom stereocenters. The van der Waals surface area contributed by atoms with Gasteiger partial charge in [-0.05, 0) is 12.5 Å². The number of allylic oxidation sites excluding steroid dienone is 2. The summed E-state index contributed by atoms with van der Waals surface area (Å²) in [5.74, 6) is 1.14. The van der Waals surface area contributed by atoms with Crippen LogP contribution < -0.4 is 0 Å². The molecule has 0 radical (unpaired) electrons. The lowest BCUT2D eigenvalue weighted by molar-refractivity contribution is 1.20. The van der Waals surface area contributed by atoms with Crippen molar-refractivity contribution in [1.82, 2.24) is 0 Å². The molecule has 0 aromatic carbocycles. The molecule has 0 spiro atoms. The summed E-state index contributed by atoms with van der Waals surface area (Å²) >= 11 is 1.98. The predicted molar refractivity (Wildman–Crippen MR) is 51.4 cm³/mol. The van der Waals surface area contributed by atoms with Gasteiger partial charge in [-0.2, -0.15) is 0 Å². The average Bonchev–Trinajstić information content (AvgIpc) is 2.25. The molecular weight excluding hydrogens is 154 g/mol. The van der Waals surface area contributed by atoms with E-state index in [1.807, 2.05) is 11.8 Å². The van der Waals surface area contributed by atoms with E-state index in [1.165, 1.54) is 11.3 Å². The highest BCUT2D eigenvalue weighted by molar-refractivity contribution is 8.01. The van der Waals surface area contributed by atoms with Crippen molar-refractivity contribution in [3.05, 3.63) is 23.8 Å². The standard InChI is InChI=1S/C9H11NS/c1-7-9-8(6-11-7)4-2-3-5-10-9/h2-4,7H,5-6H2,1H3. The fourth-order valence-corrected chi connectivity index (χ4v) is 2.45. The van der Waals surface area contributed by atoms with E-state index < -0.39 is 0 Å². The molecule has 1 saturated heterocycles. The number of hydrogen-bond donors (Lipinski definition) is 0. The minimum Gasteiger partial charge on any atom is -0.284 e. The molecule has 58 valence electrons. The molecule has 0 N–H and O–H groups in total. The molecule has 0 amide bonds. The highest BCUT2D eigenvalue weighted by atomic mass is 32.2. The minimum atomic E-state index is 0.612. The van der Waals surface area contributed by atoms with Crippen molar-refractivity contribution in [3.63, 3.8) is 0 Å². The largest absolute Gasteiger partial charge is 0.284 e. The van der Waals surface area contributed by atoms with Crippen LogP contribution in [0.3, 0.4) is 0 Å². The van der Waals surface area contributed by atoms with E-state index >= 15 is 0 Å². The summed E-state index contributed by atoms with van der Waals surface area (Å²) in [5, 5.41) is 0.612. The predicted octanol–water partition coefficient (Wildman–Crippen LogP) is 2.06. The second-order valence-electron chi connectivity index (χ2n) is 2.80. The Morgan fingerprint density at radius 1 is 1.64 bits per heavy atom. The highest BCUT2D eigenvalue weighted by Crippen LogP contribution is 2.28. The van der Waals surface area contributed by atoms with Crippen molar-refractivity contribution >= 4 is 17.5 Å². The second kappa shape index (κ2) is 2.86. The lowest BCUT2D eigenvalue weighted by Crippen LogP contribution is -2.08. The number of nitrogens with zero attached hydrogens (tertiary/aromatic N) is 1. The Bertz CT molecular complexity index is 250. The zero-order valence-corrected chi connectivity index (χ0v) is 7.40. The Labute approximate surface area is 71.3 Å². The molecule has 1 nitrogen and oxygen atoms in total. The van der Waals surface area contributed by atoms with Crippen LogP contribution in [0.4, 0.5) is 0 Å². The van der Waals surface area contributed by atoms with E-state index in [2.05, 4.69) is 30.1 Å². The van der Waals surface area contributed by atoms with E-state index in [-0.39, 0.29) is 0 Å². The summed E-state index contributed by atoms with van der Waals surface area (Å²) in [6.07, 6.45) is 6.42. The average molecular weight is 165 g/mol. The van der Waals surface area contributed by atoms with Crippen molar-refractivity contribution < 1.29 is 0 Å². The van der Waals surface area contributed by atoms with Gasteiger partial charge in [-0.15, -0.1) is 11.8 Å². The topological polar surface area (TPSA) is 12.4 Å². The summed E-state index contributed by atoms with van der Waals surface area (Å²) in [6.45, 7) is 3.09. The van der Waals surface area contributed by atoms with Gasteiger partial charge in [0.1, 0.15) is 0 Å². The Morgan fingerprint density at radius 3 is 3.45 bits per heavy atom. The molecule has 1 atom stereocenters. The fraction of sp³-hybridized carbons (Fsp3) is 0.444. The maximum Gasteiger partial charge on any atom is 0.0577 e. The van der Waals surface area contributed by atoms with Crippen molar-refractivity contribution in [1.29, 1.82) is 0 Å². The summed E-state index contributed by atoms with van der Waals surface area (Å²) in [7, 11) is 0. The SMILES string of the molecule is CC1SCC2=CC=CCN=C21. The van der Waals surface area contributed by atoms with Crippen LogP contribution in [-0.4, -0.2) is 23.3 Å². The van der Waals surface area contributed by atoms with Gasteiger partial charge in [0.15, 0.2) is 0 Å². The summed E-state index contributed by atoms with van der Waals surface area (Å²) in [6, 6.07) is 0. The van der Waals surface area contributed by atoms with E-state index in [4.69, 9.17) is 0 Å². The quantitative estimate of drug-likeness (QED) is 0.535. The number of hydrogen-bond acceptors (Lipinski definition) is 2. The first-order valence-corrected chi connectivity index (χ1v) is 4.95. The maximum absolute atomic E-state index is 4.51. The van der Waals surface area contributed by atoms with Crippen molar-refractivity contribution in [2.45, 2.75) is 12.2 Å². The molecule has 0 saturated carbocycles. The van der Waals surface area contributed by atoms with Crippen molar-refractivity contribution in [3.8, 4) is 0 Å².